The van der Waals surface area contributed by atoms with E-state index in [1.165, 1.54) is 0 Å². The van der Waals surface area contributed by atoms with E-state index in [0.717, 1.165) is 30.3 Å². The molecule has 5 rings (SSSR count). The van der Waals surface area contributed by atoms with Crippen LogP contribution in [-0.4, -0.2) is 54.4 Å². The van der Waals surface area contributed by atoms with E-state index in [9.17, 15) is 23.1 Å². The molecule has 3 aromatic carbocycles. The summed E-state index contributed by atoms with van der Waals surface area (Å²) < 4.78 is 52.2. The molecule has 44 heavy (non-hydrogen) atoms. The average molecular weight is 656 g/mol. The smallest absolute Gasteiger partial charge is 0.345 e. The molecule has 2 fully saturated rings. The van der Waals surface area contributed by atoms with Crippen molar-refractivity contribution in [3.8, 4) is 11.5 Å². The third kappa shape index (κ3) is 8.81. The van der Waals surface area contributed by atoms with Crippen molar-refractivity contribution in [2.24, 2.45) is 11.8 Å². The predicted molar refractivity (Wildman–Crippen MR) is 168 cm³/mol. The van der Waals surface area contributed by atoms with Crippen molar-refractivity contribution in [3.63, 3.8) is 0 Å². The molecule has 3 atom stereocenters. The molecule has 1 aliphatic heterocycles. The maximum absolute atomic E-state index is 14.0. The van der Waals surface area contributed by atoms with Crippen LogP contribution in [0.3, 0.4) is 0 Å². The Hall–Kier alpha value is -2.98. The number of piperidine rings is 1. The fourth-order valence-electron chi connectivity index (χ4n) is 5.68. The van der Waals surface area contributed by atoms with Crippen LogP contribution in [0.15, 0.2) is 60.7 Å². The number of ether oxygens (including phenoxy) is 2. The van der Waals surface area contributed by atoms with Gasteiger partial charge in [-0.3, -0.25) is 4.90 Å². The molecule has 1 saturated carbocycles. The van der Waals surface area contributed by atoms with E-state index in [4.69, 9.17) is 9.47 Å². The molecule has 6 nitrogen and oxygen atoms in total. The molecule has 1 saturated heterocycles. The number of benzene rings is 3. The highest BCUT2D eigenvalue weighted by Crippen LogP contribution is 2.45. The molecule has 240 valence electrons. The van der Waals surface area contributed by atoms with Gasteiger partial charge in [-0.05, 0) is 58.7 Å². The first kappa shape index (κ1) is 35.5. The molecule has 2 aliphatic rings. The maximum atomic E-state index is 14.0. The van der Waals surface area contributed by atoms with Crippen LogP contribution in [0.4, 0.5) is 13.2 Å². The second-order valence-electron chi connectivity index (χ2n) is 12.3. The maximum Gasteiger partial charge on any atom is 0.345 e. The second kappa shape index (κ2) is 14.9. The van der Waals surface area contributed by atoms with Crippen molar-refractivity contribution in [1.82, 2.24) is 10.2 Å². The molecule has 3 aromatic rings. The zero-order chi connectivity index (χ0) is 30.0. The van der Waals surface area contributed by atoms with Crippen LogP contribution in [0.1, 0.15) is 37.5 Å². The van der Waals surface area contributed by atoms with Crippen LogP contribution in [-0.2, 0) is 23.2 Å². The van der Waals surface area contributed by atoms with Gasteiger partial charge >= 0.3 is 5.97 Å². The van der Waals surface area contributed by atoms with Crippen LogP contribution < -0.4 is 14.8 Å². The number of nitrogens with zero attached hydrogens (tertiary/aromatic N) is 1. The van der Waals surface area contributed by atoms with E-state index < -0.39 is 29.5 Å². The Labute approximate surface area is 268 Å². The Morgan fingerprint density at radius 1 is 0.932 bits per heavy atom. The summed E-state index contributed by atoms with van der Waals surface area (Å²) in [5, 5.41) is 13.2. The summed E-state index contributed by atoms with van der Waals surface area (Å²) in [7, 11) is 0. The summed E-state index contributed by atoms with van der Waals surface area (Å²) in [6.45, 7) is 9.34. The third-order valence-electron chi connectivity index (χ3n) is 8.12. The van der Waals surface area contributed by atoms with E-state index in [1.54, 1.807) is 0 Å². The van der Waals surface area contributed by atoms with Gasteiger partial charge in [0, 0.05) is 50.3 Å². The van der Waals surface area contributed by atoms with E-state index in [1.807, 2.05) is 48.5 Å². The van der Waals surface area contributed by atoms with Crippen LogP contribution in [0.5, 0.6) is 11.5 Å². The Balaban J connectivity index is 0.00000264. The van der Waals surface area contributed by atoms with Crippen LogP contribution in [0, 0.1) is 29.3 Å². The molecule has 0 bridgehead atoms. The first-order valence-corrected chi connectivity index (χ1v) is 14.3. The van der Waals surface area contributed by atoms with E-state index in [2.05, 4.69) is 31.0 Å². The normalized spacial score (nSPS) is 19.7. The minimum Gasteiger partial charge on any atom is -0.492 e. The van der Waals surface area contributed by atoms with Gasteiger partial charge in [0.1, 0.15) is 23.9 Å². The number of rotatable bonds is 12. The number of carboxylic acids is 1. The minimum atomic E-state index is -1.17. The zero-order valence-corrected chi connectivity index (χ0v) is 26.5. The highest BCUT2D eigenvalue weighted by atomic mass is 35.5. The first-order chi connectivity index (χ1) is 20.0. The number of likely N-dealkylation sites (tertiary alicyclic amines) is 1. The number of fused-ring (bicyclic) bond motifs is 1. The highest BCUT2D eigenvalue weighted by Gasteiger charge is 2.55. The fourth-order valence-corrected chi connectivity index (χ4v) is 5.68. The number of halogens is 5. The Morgan fingerprint density at radius 2 is 1.52 bits per heavy atom. The summed E-state index contributed by atoms with van der Waals surface area (Å²) in [4.78, 5) is 13.9. The molecule has 2 N–H and O–H groups in total. The van der Waals surface area contributed by atoms with Gasteiger partial charge in [0.15, 0.2) is 17.7 Å². The molecule has 0 aromatic heterocycles. The van der Waals surface area contributed by atoms with Gasteiger partial charge < -0.3 is 19.9 Å². The molecule has 0 radical (unpaired) electrons. The SMILES string of the molecule is CC(C)(C)c1ccc(O[C@@H](Cc2ccc(OCCNC3C4CN(Cc5cc(F)c(F)cc5F)CC43)cc2)C(=O)O)cc1.Cl.Cl. The fraction of sp³-hybridized carbons (Fsp3) is 0.424. The highest BCUT2D eigenvalue weighted by molar-refractivity contribution is 5.85. The lowest BCUT2D eigenvalue weighted by molar-refractivity contribution is -0.145. The Bertz CT molecular complexity index is 1390. The van der Waals surface area contributed by atoms with E-state index >= 15 is 0 Å². The zero-order valence-electron chi connectivity index (χ0n) is 24.9. The minimum absolute atomic E-state index is 0. The molecule has 0 amide bonds. The summed E-state index contributed by atoms with van der Waals surface area (Å²) in [5.41, 5.74) is 2.16. The second-order valence-corrected chi connectivity index (χ2v) is 12.3. The lowest BCUT2D eigenvalue weighted by atomic mass is 9.87. The number of nitrogens with one attached hydrogen (secondary N) is 1. The van der Waals surface area contributed by atoms with Gasteiger partial charge in [-0.25, -0.2) is 18.0 Å². The van der Waals surface area contributed by atoms with Crippen molar-refractivity contribution in [2.75, 3.05) is 26.2 Å². The molecular weight excluding hydrogens is 616 g/mol. The largest absolute Gasteiger partial charge is 0.492 e. The van der Waals surface area contributed by atoms with Crippen LogP contribution in [0.2, 0.25) is 0 Å². The van der Waals surface area contributed by atoms with Crippen molar-refractivity contribution < 1.29 is 32.5 Å². The van der Waals surface area contributed by atoms with Crippen molar-refractivity contribution in [1.29, 1.82) is 0 Å². The van der Waals surface area contributed by atoms with Gasteiger partial charge in [-0.1, -0.05) is 45.0 Å². The number of aliphatic carboxylic acids is 1. The van der Waals surface area contributed by atoms with E-state index in [0.29, 0.717) is 48.6 Å². The third-order valence-corrected chi connectivity index (χ3v) is 8.12. The number of carbonyl (C=O) groups is 1. The van der Waals surface area contributed by atoms with Gasteiger partial charge in [0.2, 0.25) is 0 Å². The molecule has 0 spiro atoms. The molecule has 1 heterocycles. The first-order valence-electron chi connectivity index (χ1n) is 14.3. The molecule has 2 unspecified atom stereocenters. The predicted octanol–water partition coefficient (Wildman–Crippen LogP) is 6.42. The standard InChI is InChI=1S/C33H37F3N2O4.2ClH/c1-33(2,3)22-6-10-24(11-7-22)42-30(32(39)40)14-20-4-8-23(9-5-20)41-13-12-37-31-25-18-38(19-26(25)31)17-21-15-28(35)29(36)16-27(21)34;;/h4-11,15-16,25-26,30-31,37H,12-14,17-19H2,1-3H3,(H,39,40);2*1H/t25?,26?,30-,31?;;/m0../s1. The quantitative estimate of drug-likeness (QED) is 0.174. The summed E-state index contributed by atoms with van der Waals surface area (Å²) >= 11 is 0. The van der Waals surface area contributed by atoms with E-state index in [-0.39, 0.29) is 48.8 Å². The van der Waals surface area contributed by atoms with Gasteiger partial charge in [-0.2, -0.15) is 0 Å². The van der Waals surface area contributed by atoms with Gasteiger partial charge in [0.25, 0.3) is 0 Å². The average Bonchev–Trinajstić information content (AvgIpc) is 3.39. The summed E-state index contributed by atoms with van der Waals surface area (Å²) in [6, 6.07) is 16.8. The lowest BCUT2D eigenvalue weighted by Gasteiger charge is -2.20. The molecule has 11 heteroatoms. The van der Waals surface area contributed by atoms with Crippen molar-refractivity contribution in [2.45, 2.75) is 51.3 Å². The lowest BCUT2D eigenvalue weighted by Crippen LogP contribution is -2.33. The van der Waals surface area contributed by atoms with Crippen molar-refractivity contribution in [3.05, 3.63) is 94.8 Å². The number of hydrogen-bond donors (Lipinski definition) is 2. The van der Waals surface area contributed by atoms with Crippen LogP contribution >= 0.6 is 24.8 Å². The monoisotopic (exact) mass is 654 g/mol. The van der Waals surface area contributed by atoms with Gasteiger partial charge in [0.05, 0.1) is 0 Å². The topological polar surface area (TPSA) is 71.0 Å². The Morgan fingerprint density at radius 3 is 2.11 bits per heavy atom. The van der Waals surface area contributed by atoms with Crippen LogP contribution in [0.25, 0.3) is 0 Å². The Kier molecular flexibility index (Phi) is 12.0. The van der Waals surface area contributed by atoms with Crippen molar-refractivity contribution >= 4 is 30.8 Å². The van der Waals surface area contributed by atoms with Gasteiger partial charge in [-0.15, -0.1) is 24.8 Å². The number of hydrogen-bond acceptors (Lipinski definition) is 5. The molecular formula is C33H39Cl2F3N2O4. The summed E-state index contributed by atoms with van der Waals surface area (Å²) in [5.74, 6) is -1.80. The molecule has 1 aliphatic carbocycles. The number of carboxylic acid groups (broad SMARTS) is 1. The summed E-state index contributed by atoms with van der Waals surface area (Å²) in [6.07, 6.45) is -0.783.